The molecular weight excluding hydrogens is 544 g/mol. The maximum Gasteiger partial charge on any atom is 0.274 e. The van der Waals surface area contributed by atoms with Crippen LogP contribution in [0.15, 0.2) is 113 Å². The highest BCUT2D eigenvalue weighted by Gasteiger charge is 2.38. The maximum atomic E-state index is 14.2. The zero-order valence-corrected chi connectivity index (χ0v) is 22.6. The quantitative estimate of drug-likeness (QED) is 0.168. The van der Waals surface area contributed by atoms with Gasteiger partial charge in [-0.2, -0.15) is 5.10 Å². The van der Waals surface area contributed by atoms with Crippen LogP contribution >= 0.6 is 0 Å². The van der Waals surface area contributed by atoms with Gasteiger partial charge in [-0.05, 0) is 36.4 Å². The first kappa shape index (κ1) is 24.9. The fraction of sp³-hybridized carbons (Fsp3) is 0.0909. The molecule has 1 unspecified atom stereocenters. The van der Waals surface area contributed by atoms with Gasteiger partial charge in [-0.3, -0.25) is 14.9 Å². The number of nitro benzene ring substituents is 1. The Balaban J connectivity index is 1.25. The number of furan rings is 1. The van der Waals surface area contributed by atoms with Gasteiger partial charge in [-0.25, -0.2) is 15.0 Å². The minimum atomic E-state index is -0.697. The fourth-order valence-electron chi connectivity index (χ4n) is 5.94. The van der Waals surface area contributed by atoms with E-state index in [-0.39, 0.29) is 24.6 Å². The Morgan fingerprint density at radius 2 is 1.63 bits per heavy atom. The monoisotopic (exact) mass is 566 g/mol. The molecule has 1 aliphatic rings. The van der Waals surface area contributed by atoms with Crippen LogP contribution in [0.2, 0.25) is 0 Å². The number of hydrazone groups is 1. The number of carbonyl (C=O) groups excluding carboxylic acids is 1. The molecule has 10 nitrogen and oxygen atoms in total. The van der Waals surface area contributed by atoms with Crippen molar-refractivity contribution in [2.75, 3.05) is 0 Å². The highest BCUT2D eigenvalue weighted by molar-refractivity contribution is 6.07. The lowest BCUT2D eigenvalue weighted by atomic mass is 9.99. The smallest absolute Gasteiger partial charge is 0.274 e. The van der Waals surface area contributed by atoms with Crippen LogP contribution in [0.25, 0.3) is 44.1 Å². The SMILES string of the molecule is O=C(Cn1c2ccccc2c2nc3ccccc3nc21)N1N=C(c2cc3ccccc3o2)CC1c1ccccc1[N+](=O)[O-]. The first-order valence-electron chi connectivity index (χ1n) is 13.8. The number of hydrogen-bond donors (Lipinski definition) is 0. The third kappa shape index (κ3) is 4.03. The average molecular weight is 567 g/mol. The Morgan fingerprint density at radius 3 is 2.47 bits per heavy atom. The number of rotatable bonds is 5. The van der Waals surface area contributed by atoms with Gasteiger partial charge in [0.05, 0.1) is 33.1 Å². The van der Waals surface area contributed by atoms with Gasteiger partial charge in [0.25, 0.3) is 11.6 Å². The van der Waals surface area contributed by atoms with Crippen molar-refractivity contribution in [3.8, 4) is 0 Å². The minimum Gasteiger partial charge on any atom is -0.455 e. The molecule has 1 aliphatic heterocycles. The molecule has 0 bridgehead atoms. The molecule has 208 valence electrons. The van der Waals surface area contributed by atoms with Crippen molar-refractivity contribution in [1.82, 2.24) is 19.5 Å². The van der Waals surface area contributed by atoms with E-state index in [9.17, 15) is 14.9 Å². The summed E-state index contributed by atoms with van der Waals surface area (Å²) in [6.07, 6.45) is 0.258. The summed E-state index contributed by atoms with van der Waals surface area (Å²) < 4.78 is 7.92. The summed E-state index contributed by atoms with van der Waals surface area (Å²) in [4.78, 5) is 35.6. The molecule has 10 heteroatoms. The van der Waals surface area contributed by atoms with E-state index in [4.69, 9.17) is 19.5 Å². The van der Waals surface area contributed by atoms with E-state index in [1.165, 1.54) is 11.1 Å². The lowest BCUT2D eigenvalue weighted by Gasteiger charge is -2.22. The number of hydrogen-bond acceptors (Lipinski definition) is 7. The number of nitro groups is 1. The number of aromatic nitrogens is 3. The number of carbonyl (C=O) groups is 1. The molecule has 4 aromatic carbocycles. The lowest BCUT2D eigenvalue weighted by Crippen LogP contribution is -2.30. The van der Waals surface area contributed by atoms with E-state index in [1.54, 1.807) is 18.2 Å². The molecule has 8 rings (SSSR count). The van der Waals surface area contributed by atoms with Gasteiger partial charge in [-0.1, -0.05) is 60.7 Å². The third-order valence-corrected chi connectivity index (χ3v) is 7.92. The first-order chi connectivity index (χ1) is 21.0. The number of benzene rings is 4. The highest BCUT2D eigenvalue weighted by atomic mass is 16.6. The van der Waals surface area contributed by atoms with Crippen LogP contribution in [-0.4, -0.2) is 36.1 Å². The molecule has 43 heavy (non-hydrogen) atoms. The van der Waals surface area contributed by atoms with Gasteiger partial charge in [0.2, 0.25) is 0 Å². The summed E-state index contributed by atoms with van der Waals surface area (Å²) in [5, 5.41) is 19.9. The zero-order valence-electron chi connectivity index (χ0n) is 22.6. The van der Waals surface area contributed by atoms with E-state index in [0.717, 1.165) is 27.3 Å². The van der Waals surface area contributed by atoms with Gasteiger partial charge >= 0.3 is 0 Å². The van der Waals surface area contributed by atoms with E-state index >= 15 is 0 Å². The number of fused-ring (bicyclic) bond motifs is 5. The maximum absolute atomic E-state index is 14.2. The Kier molecular flexibility index (Phi) is 5.54. The number of amides is 1. The van der Waals surface area contributed by atoms with Crippen LogP contribution in [-0.2, 0) is 11.3 Å². The summed E-state index contributed by atoms with van der Waals surface area (Å²) in [5.74, 6) is 0.182. The fourth-order valence-corrected chi connectivity index (χ4v) is 5.94. The third-order valence-electron chi connectivity index (χ3n) is 7.92. The second-order valence-electron chi connectivity index (χ2n) is 10.5. The Hall–Kier alpha value is -5.90. The van der Waals surface area contributed by atoms with Gasteiger partial charge in [0, 0.05) is 23.3 Å². The molecule has 0 radical (unpaired) electrons. The van der Waals surface area contributed by atoms with Crippen molar-refractivity contribution >= 4 is 61.4 Å². The van der Waals surface area contributed by atoms with Crippen molar-refractivity contribution in [1.29, 1.82) is 0 Å². The summed E-state index contributed by atoms with van der Waals surface area (Å²) in [6, 6.07) is 30.6. The van der Waals surface area contributed by atoms with Crippen molar-refractivity contribution < 1.29 is 14.1 Å². The van der Waals surface area contributed by atoms with E-state index < -0.39 is 11.0 Å². The normalized spacial score (nSPS) is 15.1. The molecule has 0 aliphatic carbocycles. The van der Waals surface area contributed by atoms with Gasteiger partial charge in [0.15, 0.2) is 11.4 Å². The molecule has 0 N–H and O–H groups in total. The summed E-state index contributed by atoms with van der Waals surface area (Å²) in [7, 11) is 0. The molecule has 1 atom stereocenters. The molecule has 0 fully saturated rings. The van der Waals surface area contributed by atoms with E-state index in [2.05, 4.69) is 0 Å². The Morgan fingerprint density at radius 1 is 0.907 bits per heavy atom. The molecule has 0 saturated carbocycles. The predicted molar refractivity (Wildman–Crippen MR) is 163 cm³/mol. The van der Waals surface area contributed by atoms with Crippen molar-refractivity contribution in [2.24, 2.45) is 5.10 Å². The van der Waals surface area contributed by atoms with Crippen molar-refractivity contribution in [2.45, 2.75) is 19.0 Å². The first-order valence-corrected chi connectivity index (χ1v) is 13.8. The zero-order chi connectivity index (χ0) is 29.1. The average Bonchev–Trinajstić information content (AvgIpc) is 3.75. The molecule has 0 saturated heterocycles. The van der Waals surface area contributed by atoms with Crippen LogP contribution in [0, 0.1) is 10.1 Å². The molecule has 3 aromatic heterocycles. The number of nitrogens with zero attached hydrogens (tertiary/aromatic N) is 6. The highest BCUT2D eigenvalue weighted by Crippen LogP contribution is 2.39. The summed E-state index contributed by atoms with van der Waals surface area (Å²) in [5.41, 5.74) is 5.15. The summed E-state index contributed by atoms with van der Waals surface area (Å²) in [6.45, 7) is -0.0922. The van der Waals surface area contributed by atoms with Gasteiger partial charge in [0.1, 0.15) is 23.4 Å². The Bertz CT molecular complexity index is 2250. The lowest BCUT2D eigenvalue weighted by molar-refractivity contribution is -0.385. The van der Waals surface area contributed by atoms with Crippen LogP contribution in [0.5, 0.6) is 0 Å². The summed E-state index contributed by atoms with van der Waals surface area (Å²) >= 11 is 0. The van der Waals surface area contributed by atoms with Crippen LogP contribution in [0.3, 0.4) is 0 Å². The van der Waals surface area contributed by atoms with Gasteiger partial charge < -0.3 is 8.98 Å². The minimum absolute atomic E-state index is 0.0689. The van der Waals surface area contributed by atoms with Crippen LogP contribution in [0.4, 0.5) is 5.69 Å². The van der Waals surface area contributed by atoms with Crippen molar-refractivity contribution in [3.63, 3.8) is 0 Å². The molecule has 0 spiro atoms. The standard InChI is InChI=1S/C33H22N6O4/c40-31(19-37-26-14-6-3-11-22(26)32-33(37)35-24-13-5-4-12-23(24)34-32)38-28(21-10-2-7-15-27(21)39(41)42)18-25(36-38)30-17-20-9-1-8-16-29(20)43-30/h1-17,28H,18-19H2. The largest absolute Gasteiger partial charge is 0.455 e. The van der Waals surface area contributed by atoms with Crippen LogP contribution in [0.1, 0.15) is 23.8 Å². The predicted octanol–water partition coefficient (Wildman–Crippen LogP) is 6.77. The molecule has 4 heterocycles. The molecular formula is C33H22N6O4. The van der Waals surface area contributed by atoms with E-state index in [1.807, 2.05) is 83.4 Å². The van der Waals surface area contributed by atoms with E-state index in [0.29, 0.717) is 33.8 Å². The second kappa shape index (κ2) is 9.59. The second-order valence-corrected chi connectivity index (χ2v) is 10.5. The number of para-hydroxylation sites is 5. The molecule has 1 amide bonds. The molecule has 7 aromatic rings. The Labute approximate surface area is 243 Å². The van der Waals surface area contributed by atoms with Crippen LogP contribution < -0.4 is 0 Å². The van der Waals surface area contributed by atoms with Crippen molar-refractivity contribution in [3.05, 3.63) is 125 Å². The van der Waals surface area contributed by atoms with Gasteiger partial charge in [-0.15, -0.1) is 0 Å². The topological polar surface area (TPSA) is 120 Å².